The van der Waals surface area contributed by atoms with Crippen molar-refractivity contribution in [3.05, 3.63) is 0 Å². The van der Waals surface area contributed by atoms with Gasteiger partial charge in [0.2, 0.25) is 0 Å². The van der Waals surface area contributed by atoms with Crippen molar-refractivity contribution in [2.45, 2.75) is 349 Å². The molecule has 0 aromatic heterocycles. The van der Waals surface area contributed by atoms with Gasteiger partial charge in [-0.25, -0.2) is 0 Å². The third-order valence-electron chi connectivity index (χ3n) is 30.0. The van der Waals surface area contributed by atoms with Gasteiger partial charge in [0.1, 0.15) is 35.1 Å². The second kappa shape index (κ2) is 29.4. The van der Waals surface area contributed by atoms with E-state index < -0.39 is 16.2 Å². The first-order valence-corrected chi connectivity index (χ1v) is 37.5. The topological polar surface area (TPSA) is 158 Å². The lowest BCUT2D eigenvalue weighted by atomic mass is 9.66. The van der Waals surface area contributed by atoms with Crippen LogP contribution in [0.4, 0.5) is 0 Å². The molecule has 0 N–H and O–H groups in total. The van der Waals surface area contributed by atoms with Gasteiger partial charge in [-0.05, 0) is 342 Å². The average molecular weight is 1330 g/mol. The van der Waals surface area contributed by atoms with Gasteiger partial charge in [0.25, 0.3) is 0 Å². The quantitative estimate of drug-likeness (QED) is 0.0819. The maximum atomic E-state index is 13.3. The molecule has 12 heteroatoms. The van der Waals surface area contributed by atoms with Crippen LogP contribution in [0.3, 0.4) is 0 Å². The summed E-state index contributed by atoms with van der Waals surface area (Å²) in [6, 6.07) is 0. The van der Waals surface area contributed by atoms with Crippen LogP contribution in [0, 0.1) is 141 Å². The van der Waals surface area contributed by atoms with E-state index in [4.69, 9.17) is 28.4 Å². The van der Waals surface area contributed by atoms with Crippen LogP contribution in [0.15, 0.2) is 0 Å². The van der Waals surface area contributed by atoms with Gasteiger partial charge < -0.3 is 28.4 Å². The lowest BCUT2D eigenvalue weighted by Gasteiger charge is -2.42. The van der Waals surface area contributed by atoms with Gasteiger partial charge in [0, 0.05) is 0 Å². The van der Waals surface area contributed by atoms with E-state index in [0.29, 0.717) is 88.8 Å². The van der Waals surface area contributed by atoms with Gasteiger partial charge >= 0.3 is 35.8 Å². The molecule has 0 aliphatic heterocycles. The highest BCUT2D eigenvalue weighted by Crippen LogP contribution is 2.72. The summed E-state index contributed by atoms with van der Waals surface area (Å²) in [6.45, 7) is 24.5. The molecule has 0 amide bonds. The van der Waals surface area contributed by atoms with E-state index in [0.717, 1.165) is 120 Å². The number of carbonyl (C=O) groups excluding carboxylic acids is 6. The van der Waals surface area contributed by atoms with Crippen LogP contribution < -0.4 is 0 Å². The summed E-state index contributed by atoms with van der Waals surface area (Å²) in [5, 5.41) is 0. The minimum atomic E-state index is -0.405. The molecule has 0 aromatic carbocycles. The molecule has 24 unspecified atom stereocenters. The SMILES string of the molecule is C.C.C.C.C.C.CCC(C)(C)C(=O)OC1CC2CC1C1C3CC(CC3C(=O)OC3(C)CCCC3)C21.CCC(C)(C)C(=O)OC1CC2CC1C1C3CC(CC3C(=O)OC3(C)CCCCC3)C21.CCC1(OC(=O)C2CC3CC2C2C4CC(CC4OC(=O)C(C)(C)CC)C32)CCCC1. The van der Waals surface area contributed by atoms with Crippen molar-refractivity contribution in [1.29, 1.82) is 0 Å². The van der Waals surface area contributed by atoms with Crippen molar-refractivity contribution in [1.82, 2.24) is 0 Å². The molecule has 15 aliphatic carbocycles. The number of carbonyl (C=O) groups is 6. The van der Waals surface area contributed by atoms with Gasteiger partial charge in [0.05, 0.1) is 34.0 Å². The fraction of sp³-hybridized carbons (Fsp3) is 0.928. The molecule has 0 radical (unpaired) electrons. The predicted molar refractivity (Wildman–Crippen MR) is 379 cm³/mol. The van der Waals surface area contributed by atoms with E-state index in [2.05, 4.69) is 41.5 Å². The summed E-state index contributed by atoms with van der Waals surface area (Å²) in [5.41, 5.74) is -1.86. The van der Waals surface area contributed by atoms with E-state index in [1.807, 2.05) is 41.5 Å². The Hall–Kier alpha value is -3.18. The van der Waals surface area contributed by atoms with Crippen LogP contribution in [0.25, 0.3) is 0 Å². The van der Waals surface area contributed by atoms with E-state index in [1.165, 1.54) is 83.5 Å². The number of ether oxygens (including phenoxy) is 6. The molecule has 0 heterocycles. The van der Waals surface area contributed by atoms with Gasteiger partial charge in [-0.15, -0.1) is 0 Å². The van der Waals surface area contributed by atoms with Crippen LogP contribution >= 0.6 is 0 Å². The summed E-state index contributed by atoms with van der Waals surface area (Å²) >= 11 is 0. The molecule has 15 saturated carbocycles. The van der Waals surface area contributed by atoms with E-state index in [1.54, 1.807) is 0 Å². The smallest absolute Gasteiger partial charge is 0.311 e. The number of esters is 6. The summed E-state index contributed by atoms with van der Waals surface area (Å²) in [5.74, 6) is 11.3. The van der Waals surface area contributed by atoms with Gasteiger partial charge in [-0.1, -0.05) is 78.7 Å². The van der Waals surface area contributed by atoms with Crippen molar-refractivity contribution in [3.63, 3.8) is 0 Å². The first kappa shape index (κ1) is 79.1. The first-order chi connectivity index (χ1) is 42.2. The molecule has 15 rings (SSSR count). The second-order valence-electron chi connectivity index (χ2n) is 35.9. The minimum absolute atomic E-state index is 0. The summed E-state index contributed by atoms with van der Waals surface area (Å²) in [6.07, 6.45) is 31.5. The zero-order valence-electron chi connectivity index (χ0n) is 57.3. The Bertz CT molecular complexity index is 2670. The molecular formula is C83H142O12. The fourth-order valence-electron chi connectivity index (χ4n) is 24.3. The van der Waals surface area contributed by atoms with Crippen LogP contribution in [0.2, 0.25) is 0 Å². The number of rotatable bonds is 16. The maximum absolute atomic E-state index is 13.3. The Morgan fingerprint density at radius 1 is 0.326 bits per heavy atom. The number of hydrogen-bond donors (Lipinski definition) is 0. The molecule has 12 nitrogen and oxygen atoms in total. The van der Waals surface area contributed by atoms with E-state index >= 15 is 0 Å². The molecule has 0 saturated heterocycles. The minimum Gasteiger partial charge on any atom is -0.462 e. The third kappa shape index (κ3) is 14.1. The normalized spacial score (nSPS) is 40.8. The molecule has 0 spiro atoms. The van der Waals surface area contributed by atoms with Crippen molar-refractivity contribution < 1.29 is 57.2 Å². The molecule has 12 bridgehead atoms. The Kier molecular flexibility index (Phi) is 24.5. The highest BCUT2D eigenvalue weighted by molar-refractivity contribution is 5.78. The standard InChI is InChI=1S/2C26H40O4.C25H38O4.6CH4/c1-5-25(2,3)24(28)29-20-14-16-13-19(20)22-17-11-15(21(16)22)12-18(17)23(27)30-26(4)9-7-6-8-10-26;1-5-25(3,4)24(28)29-20-14-16-13-19(20)22-17-11-15(21(16)22)12-18(17)23(27)30-26(6-2)9-7-8-10-26;1-5-24(2,3)23(27)28-19-13-15-12-18(19)21-16-10-14(20(15)21)11-17(16)22(26)29-25(4)8-6-7-9-25;;;;;;/h2*15-22H,5-14H2,1-4H3;14-21H,5-13H2,1-4H3;6*1H4. The Balaban J connectivity index is 0.000000195. The van der Waals surface area contributed by atoms with Crippen molar-refractivity contribution in [2.24, 2.45) is 141 Å². The lowest BCUT2D eigenvalue weighted by molar-refractivity contribution is -0.173. The Morgan fingerprint density at radius 2 is 0.579 bits per heavy atom. The summed E-state index contributed by atoms with van der Waals surface area (Å²) < 4.78 is 36.8. The first-order valence-electron chi connectivity index (χ1n) is 37.5. The lowest BCUT2D eigenvalue weighted by Crippen LogP contribution is -2.44. The Labute approximate surface area is 579 Å². The molecule has 546 valence electrons. The summed E-state index contributed by atoms with van der Waals surface area (Å²) in [7, 11) is 0. The van der Waals surface area contributed by atoms with Crippen molar-refractivity contribution in [3.8, 4) is 0 Å². The van der Waals surface area contributed by atoms with Crippen LogP contribution in [-0.4, -0.2) is 70.9 Å². The zero-order valence-corrected chi connectivity index (χ0v) is 57.3. The van der Waals surface area contributed by atoms with Gasteiger partial charge in [-0.3, -0.25) is 28.8 Å². The molecule has 0 aromatic rings. The number of hydrogen-bond acceptors (Lipinski definition) is 12. The van der Waals surface area contributed by atoms with E-state index in [-0.39, 0.29) is 133 Å². The molecule has 24 atom stereocenters. The number of fused-ring (bicyclic) bond motifs is 27. The van der Waals surface area contributed by atoms with Gasteiger partial charge in [-0.2, -0.15) is 0 Å². The molecule has 15 fully saturated rings. The van der Waals surface area contributed by atoms with Crippen LogP contribution in [0.5, 0.6) is 0 Å². The zero-order chi connectivity index (χ0) is 63.1. The Morgan fingerprint density at radius 3 is 0.863 bits per heavy atom. The van der Waals surface area contributed by atoms with Crippen LogP contribution in [0.1, 0.15) is 314 Å². The van der Waals surface area contributed by atoms with E-state index in [9.17, 15) is 28.8 Å². The fourth-order valence-corrected chi connectivity index (χ4v) is 24.3. The van der Waals surface area contributed by atoms with Gasteiger partial charge in [0.15, 0.2) is 0 Å². The predicted octanol–water partition coefficient (Wildman–Crippen LogP) is 20.0. The molecular weight excluding hydrogens is 1190 g/mol. The second-order valence-corrected chi connectivity index (χ2v) is 35.9. The highest BCUT2D eigenvalue weighted by Gasteiger charge is 2.70. The average Bonchev–Trinajstić information content (AvgIpc) is 1.56. The maximum Gasteiger partial charge on any atom is 0.311 e. The third-order valence-corrected chi connectivity index (χ3v) is 30.0. The van der Waals surface area contributed by atoms with Crippen molar-refractivity contribution >= 4 is 35.8 Å². The monoisotopic (exact) mass is 1330 g/mol. The molecule has 15 aliphatic rings. The highest BCUT2D eigenvalue weighted by atomic mass is 16.6. The summed E-state index contributed by atoms with van der Waals surface area (Å²) in [4.78, 5) is 77.7. The molecule has 95 heavy (non-hydrogen) atoms. The largest absolute Gasteiger partial charge is 0.462 e. The van der Waals surface area contributed by atoms with Crippen molar-refractivity contribution in [2.75, 3.05) is 0 Å². The van der Waals surface area contributed by atoms with Crippen LogP contribution in [-0.2, 0) is 57.2 Å².